The molecule has 22 heavy (non-hydrogen) atoms. The second kappa shape index (κ2) is 6.58. The number of H-pyrrole nitrogens is 1. The van der Waals surface area contributed by atoms with Crippen molar-refractivity contribution in [2.45, 2.75) is 58.3 Å². The molecule has 5 nitrogen and oxygen atoms in total. The van der Waals surface area contributed by atoms with Crippen LogP contribution in [0.15, 0.2) is 0 Å². The van der Waals surface area contributed by atoms with Crippen LogP contribution in [0.25, 0.3) is 0 Å². The Kier molecular flexibility index (Phi) is 4.97. The molecule has 0 spiro atoms. The van der Waals surface area contributed by atoms with Gasteiger partial charge in [0.1, 0.15) is 0 Å². The lowest BCUT2D eigenvalue weighted by Crippen LogP contribution is -2.50. The van der Waals surface area contributed by atoms with E-state index in [9.17, 15) is 18.0 Å². The lowest BCUT2D eigenvalue weighted by molar-refractivity contribution is -0.187. The van der Waals surface area contributed by atoms with Gasteiger partial charge in [-0.3, -0.25) is 5.10 Å². The van der Waals surface area contributed by atoms with E-state index in [1.54, 1.807) is 6.92 Å². The van der Waals surface area contributed by atoms with Gasteiger partial charge in [0, 0.05) is 23.8 Å². The summed E-state index contributed by atoms with van der Waals surface area (Å²) in [6.07, 6.45) is -2.57. The van der Waals surface area contributed by atoms with E-state index in [4.69, 9.17) is 0 Å². The Hall–Kier alpha value is -1.73. The predicted molar refractivity (Wildman–Crippen MR) is 75.2 cm³/mol. The van der Waals surface area contributed by atoms with Crippen molar-refractivity contribution in [1.29, 1.82) is 0 Å². The number of halogens is 3. The molecule has 0 aliphatic heterocycles. The predicted octanol–water partition coefficient (Wildman–Crippen LogP) is 2.95. The molecule has 124 valence electrons. The molecule has 1 aliphatic rings. The highest BCUT2D eigenvalue weighted by molar-refractivity contribution is 5.74. The number of amides is 2. The first-order valence-electron chi connectivity index (χ1n) is 7.40. The van der Waals surface area contributed by atoms with E-state index in [1.807, 2.05) is 6.92 Å². The van der Waals surface area contributed by atoms with Crippen LogP contribution in [0.2, 0.25) is 0 Å². The van der Waals surface area contributed by atoms with Crippen LogP contribution in [0.3, 0.4) is 0 Å². The van der Waals surface area contributed by atoms with E-state index >= 15 is 0 Å². The summed E-state index contributed by atoms with van der Waals surface area (Å²) in [6.45, 7) is 3.87. The Labute approximate surface area is 127 Å². The van der Waals surface area contributed by atoms with Crippen molar-refractivity contribution in [2.75, 3.05) is 0 Å². The average molecular weight is 318 g/mol. The summed E-state index contributed by atoms with van der Waals surface area (Å²) in [6, 6.07) is -1.42. The normalized spacial score (nSPS) is 22.4. The number of aromatic nitrogens is 2. The zero-order valence-corrected chi connectivity index (χ0v) is 12.7. The van der Waals surface area contributed by atoms with Crippen LogP contribution in [0.1, 0.15) is 42.6 Å². The van der Waals surface area contributed by atoms with Gasteiger partial charge in [-0.25, -0.2) is 4.79 Å². The number of rotatable bonds is 3. The number of aryl methyl sites for hydroxylation is 2. The minimum absolute atomic E-state index is 0.0778. The third-order valence-corrected chi connectivity index (χ3v) is 4.21. The molecule has 2 atom stereocenters. The molecule has 2 rings (SSSR count). The summed E-state index contributed by atoms with van der Waals surface area (Å²) in [5, 5.41) is 11.9. The highest BCUT2D eigenvalue weighted by Gasteiger charge is 2.45. The lowest BCUT2D eigenvalue weighted by Gasteiger charge is -2.33. The topological polar surface area (TPSA) is 69.8 Å². The van der Waals surface area contributed by atoms with Crippen molar-refractivity contribution in [2.24, 2.45) is 5.92 Å². The average Bonchev–Trinajstić information content (AvgIpc) is 2.75. The summed E-state index contributed by atoms with van der Waals surface area (Å²) in [5.74, 6) is -1.45. The molecule has 1 aromatic rings. The number of hydrogen-bond donors (Lipinski definition) is 3. The van der Waals surface area contributed by atoms with Gasteiger partial charge in [-0.15, -0.1) is 0 Å². The van der Waals surface area contributed by atoms with E-state index in [0.29, 0.717) is 19.3 Å². The molecule has 1 saturated carbocycles. The molecule has 0 radical (unpaired) electrons. The van der Waals surface area contributed by atoms with Crippen molar-refractivity contribution >= 4 is 6.03 Å². The molecule has 0 aromatic carbocycles. The first-order valence-corrected chi connectivity index (χ1v) is 7.40. The number of hydrogen-bond acceptors (Lipinski definition) is 2. The molecule has 1 aliphatic carbocycles. The van der Waals surface area contributed by atoms with Gasteiger partial charge in [-0.2, -0.15) is 18.3 Å². The highest BCUT2D eigenvalue weighted by atomic mass is 19.4. The quantitative estimate of drug-likeness (QED) is 0.802. The van der Waals surface area contributed by atoms with Crippen LogP contribution >= 0.6 is 0 Å². The largest absolute Gasteiger partial charge is 0.393 e. The van der Waals surface area contributed by atoms with E-state index < -0.39 is 24.2 Å². The minimum atomic E-state index is -4.27. The number of urea groups is 1. The molecule has 0 saturated heterocycles. The standard InChI is InChI=1S/C14H21F3N4O/c1-8-10(9(2)21-20-8)7-18-13(22)19-12-6-4-3-5-11(12)14(15,16)17/h11-12H,3-7H2,1-2H3,(H,20,21)(H2,18,19,22). The van der Waals surface area contributed by atoms with Gasteiger partial charge in [0.15, 0.2) is 0 Å². The van der Waals surface area contributed by atoms with Crippen molar-refractivity contribution in [1.82, 2.24) is 20.8 Å². The first kappa shape index (κ1) is 16.6. The van der Waals surface area contributed by atoms with Gasteiger partial charge in [-0.05, 0) is 26.7 Å². The number of aromatic amines is 1. The first-order chi connectivity index (χ1) is 10.3. The van der Waals surface area contributed by atoms with Gasteiger partial charge in [0.2, 0.25) is 0 Å². The summed E-state index contributed by atoms with van der Waals surface area (Å²) in [5.41, 5.74) is 2.46. The third kappa shape index (κ3) is 3.92. The zero-order valence-electron chi connectivity index (χ0n) is 12.7. The fourth-order valence-corrected chi connectivity index (χ4v) is 2.92. The molecule has 8 heteroatoms. The fourth-order valence-electron chi connectivity index (χ4n) is 2.92. The van der Waals surface area contributed by atoms with Crippen LogP contribution in [0, 0.1) is 19.8 Å². The molecule has 2 unspecified atom stereocenters. The molecular weight excluding hydrogens is 297 g/mol. The van der Waals surface area contributed by atoms with E-state index in [2.05, 4.69) is 20.8 Å². The monoisotopic (exact) mass is 318 g/mol. The molecule has 1 aromatic heterocycles. The lowest BCUT2D eigenvalue weighted by atomic mass is 9.84. The van der Waals surface area contributed by atoms with Crippen LogP contribution in [0.5, 0.6) is 0 Å². The Morgan fingerprint density at radius 1 is 1.32 bits per heavy atom. The van der Waals surface area contributed by atoms with Crippen LogP contribution in [-0.2, 0) is 6.54 Å². The smallest absolute Gasteiger partial charge is 0.335 e. The van der Waals surface area contributed by atoms with Crippen LogP contribution < -0.4 is 10.6 Å². The second-order valence-corrected chi connectivity index (χ2v) is 5.78. The number of carbonyl (C=O) groups excluding carboxylic acids is 1. The summed E-state index contributed by atoms with van der Waals surface area (Å²) < 4.78 is 38.9. The number of carbonyl (C=O) groups is 1. The maximum Gasteiger partial charge on any atom is 0.393 e. The fraction of sp³-hybridized carbons (Fsp3) is 0.714. The van der Waals surface area contributed by atoms with Gasteiger partial charge < -0.3 is 10.6 Å². The second-order valence-electron chi connectivity index (χ2n) is 5.78. The van der Waals surface area contributed by atoms with Gasteiger partial charge in [0.25, 0.3) is 0 Å². The Balaban J connectivity index is 1.90. The van der Waals surface area contributed by atoms with Crippen LogP contribution in [-0.4, -0.2) is 28.4 Å². The van der Waals surface area contributed by atoms with Crippen molar-refractivity contribution in [3.05, 3.63) is 17.0 Å². The van der Waals surface area contributed by atoms with E-state index in [0.717, 1.165) is 17.0 Å². The SMILES string of the molecule is Cc1n[nH]c(C)c1CNC(=O)NC1CCCCC1C(F)(F)F. The van der Waals surface area contributed by atoms with Crippen LogP contribution in [0.4, 0.5) is 18.0 Å². The van der Waals surface area contributed by atoms with Gasteiger partial charge >= 0.3 is 12.2 Å². The highest BCUT2D eigenvalue weighted by Crippen LogP contribution is 2.37. The molecule has 1 fully saturated rings. The summed E-state index contributed by atoms with van der Waals surface area (Å²) in [4.78, 5) is 11.9. The summed E-state index contributed by atoms with van der Waals surface area (Å²) in [7, 11) is 0. The van der Waals surface area contributed by atoms with Crippen molar-refractivity contribution in [3.63, 3.8) is 0 Å². The number of nitrogens with one attached hydrogen (secondary N) is 3. The molecule has 0 bridgehead atoms. The van der Waals surface area contributed by atoms with E-state index in [1.165, 1.54) is 0 Å². The Morgan fingerprint density at radius 2 is 2.00 bits per heavy atom. The Morgan fingerprint density at radius 3 is 2.59 bits per heavy atom. The zero-order chi connectivity index (χ0) is 16.3. The van der Waals surface area contributed by atoms with Gasteiger partial charge in [-0.1, -0.05) is 12.8 Å². The van der Waals surface area contributed by atoms with E-state index in [-0.39, 0.29) is 13.0 Å². The maximum absolute atomic E-state index is 13.0. The number of alkyl halides is 3. The number of nitrogens with zero attached hydrogens (tertiary/aromatic N) is 1. The molecule has 2 amide bonds. The molecule has 1 heterocycles. The minimum Gasteiger partial charge on any atom is -0.335 e. The third-order valence-electron chi connectivity index (χ3n) is 4.21. The maximum atomic E-state index is 13.0. The molecule has 3 N–H and O–H groups in total. The Bertz CT molecular complexity index is 507. The molecular formula is C14H21F3N4O. The van der Waals surface area contributed by atoms with Crippen molar-refractivity contribution < 1.29 is 18.0 Å². The summed E-state index contributed by atoms with van der Waals surface area (Å²) >= 11 is 0. The van der Waals surface area contributed by atoms with Crippen molar-refractivity contribution in [3.8, 4) is 0 Å². The van der Waals surface area contributed by atoms with Gasteiger partial charge in [0.05, 0.1) is 11.6 Å².